The molecule has 1 aromatic heterocycles. The minimum Gasteiger partial charge on any atom is -0.472 e. The Labute approximate surface area is 117 Å². The molecule has 0 spiro atoms. The highest BCUT2D eigenvalue weighted by Crippen LogP contribution is 2.22. The van der Waals surface area contributed by atoms with E-state index < -0.39 is 0 Å². The SMILES string of the molecule is CCCNC(Cc1ccc(F)c(Cl)c1)c1ccoc1. The Bertz CT molecular complexity index is 513. The molecule has 2 rings (SSSR count). The molecule has 1 atom stereocenters. The van der Waals surface area contributed by atoms with E-state index in [9.17, 15) is 4.39 Å². The monoisotopic (exact) mass is 281 g/mol. The van der Waals surface area contributed by atoms with Crippen LogP contribution < -0.4 is 5.32 Å². The zero-order valence-corrected chi connectivity index (χ0v) is 11.6. The molecular formula is C15H17ClFNO. The Morgan fingerprint density at radius 1 is 1.37 bits per heavy atom. The van der Waals surface area contributed by atoms with Gasteiger partial charge in [-0.1, -0.05) is 24.6 Å². The minimum absolute atomic E-state index is 0.153. The Balaban J connectivity index is 2.13. The molecule has 0 aliphatic heterocycles. The number of hydrogen-bond donors (Lipinski definition) is 1. The molecule has 0 saturated heterocycles. The molecule has 0 aliphatic carbocycles. The zero-order valence-electron chi connectivity index (χ0n) is 10.8. The highest BCUT2D eigenvalue weighted by Gasteiger charge is 2.13. The summed E-state index contributed by atoms with van der Waals surface area (Å²) in [5.74, 6) is -0.383. The predicted molar refractivity (Wildman–Crippen MR) is 74.9 cm³/mol. The van der Waals surface area contributed by atoms with Crippen molar-refractivity contribution in [1.29, 1.82) is 0 Å². The smallest absolute Gasteiger partial charge is 0.141 e. The lowest BCUT2D eigenvalue weighted by Gasteiger charge is -2.17. The van der Waals surface area contributed by atoms with Crippen LogP contribution in [0, 0.1) is 5.82 Å². The lowest BCUT2D eigenvalue weighted by molar-refractivity contribution is 0.512. The van der Waals surface area contributed by atoms with Crippen LogP contribution in [0.3, 0.4) is 0 Å². The van der Waals surface area contributed by atoms with Crippen LogP contribution in [-0.2, 0) is 6.42 Å². The van der Waals surface area contributed by atoms with Gasteiger partial charge in [-0.3, -0.25) is 0 Å². The first-order valence-corrected chi connectivity index (χ1v) is 6.78. The quantitative estimate of drug-likeness (QED) is 0.851. The molecule has 102 valence electrons. The lowest BCUT2D eigenvalue weighted by Crippen LogP contribution is -2.23. The first-order valence-electron chi connectivity index (χ1n) is 6.40. The van der Waals surface area contributed by atoms with Crippen molar-refractivity contribution >= 4 is 11.6 Å². The second-order valence-corrected chi connectivity index (χ2v) is 4.92. The fourth-order valence-electron chi connectivity index (χ4n) is 2.00. The maximum absolute atomic E-state index is 13.1. The van der Waals surface area contributed by atoms with E-state index in [1.807, 2.05) is 6.07 Å². The topological polar surface area (TPSA) is 25.2 Å². The summed E-state index contributed by atoms with van der Waals surface area (Å²) in [5.41, 5.74) is 2.09. The minimum atomic E-state index is -0.383. The van der Waals surface area contributed by atoms with Crippen LogP contribution in [-0.4, -0.2) is 6.54 Å². The Kier molecular flexibility index (Phi) is 5.00. The van der Waals surface area contributed by atoms with Gasteiger partial charge in [-0.25, -0.2) is 4.39 Å². The van der Waals surface area contributed by atoms with Crippen molar-refractivity contribution in [2.24, 2.45) is 0 Å². The maximum Gasteiger partial charge on any atom is 0.141 e. The van der Waals surface area contributed by atoms with Crippen molar-refractivity contribution in [2.45, 2.75) is 25.8 Å². The van der Waals surface area contributed by atoms with E-state index in [-0.39, 0.29) is 16.9 Å². The van der Waals surface area contributed by atoms with E-state index >= 15 is 0 Å². The number of rotatable bonds is 6. The molecular weight excluding hydrogens is 265 g/mol. The molecule has 0 saturated carbocycles. The largest absolute Gasteiger partial charge is 0.472 e. The average molecular weight is 282 g/mol. The van der Waals surface area contributed by atoms with Crippen molar-refractivity contribution < 1.29 is 8.81 Å². The van der Waals surface area contributed by atoms with Gasteiger partial charge in [0.2, 0.25) is 0 Å². The second-order valence-electron chi connectivity index (χ2n) is 4.52. The van der Waals surface area contributed by atoms with Gasteiger partial charge in [0, 0.05) is 11.6 Å². The molecule has 0 amide bonds. The van der Waals surface area contributed by atoms with Crippen LogP contribution in [0.2, 0.25) is 5.02 Å². The first-order chi connectivity index (χ1) is 9.20. The van der Waals surface area contributed by atoms with Gasteiger partial charge in [-0.05, 0) is 43.1 Å². The highest BCUT2D eigenvalue weighted by molar-refractivity contribution is 6.30. The number of halogens is 2. The van der Waals surface area contributed by atoms with Crippen molar-refractivity contribution in [1.82, 2.24) is 5.32 Å². The normalized spacial score (nSPS) is 12.6. The standard InChI is InChI=1S/C15H17ClFNO/c1-2-6-18-15(12-5-7-19-10-12)9-11-3-4-14(17)13(16)8-11/h3-5,7-8,10,15,18H,2,6,9H2,1H3. The van der Waals surface area contributed by atoms with Crippen LogP contribution in [0.25, 0.3) is 0 Å². The summed E-state index contributed by atoms with van der Waals surface area (Å²) in [7, 11) is 0. The lowest BCUT2D eigenvalue weighted by atomic mass is 10.0. The molecule has 0 aliphatic rings. The van der Waals surface area contributed by atoms with E-state index in [4.69, 9.17) is 16.0 Å². The molecule has 4 heteroatoms. The summed E-state index contributed by atoms with van der Waals surface area (Å²) >= 11 is 5.81. The van der Waals surface area contributed by atoms with Crippen LogP contribution in [0.15, 0.2) is 41.2 Å². The molecule has 0 radical (unpaired) electrons. The van der Waals surface area contributed by atoms with Crippen LogP contribution in [0.4, 0.5) is 4.39 Å². The Morgan fingerprint density at radius 2 is 2.21 bits per heavy atom. The molecule has 1 aromatic carbocycles. The van der Waals surface area contributed by atoms with Crippen molar-refractivity contribution in [3.05, 3.63) is 58.8 Å². The van der Waals surface area contributed by atoms with E-state index in [0.29, 0.717) is 0 Å². The van der Waals surface area contributed by atoms with E-state index in [1.165, 1.54) is 6.07 Å². The van der Waals surface area contributed by atoms with Crippen LogP contribution >= 0.6 is 11.6 Å². The molecule has 2 aromatic rings. The fourth-order valence-corrected chi connectivity index (χ4v) is 2.21. The maximum atomic E-state index is 13.1. The van der Waals surface area contributed by atoms with E-state index in [0.717, 1.165) is 30.5 Å². The summed E-state index contributed by atoms with van der Waals surface area (Å²) < 4.78 is 18.3. The molecule has 0 fully saturated rings. The van der Waals surface area contributed by atoms with Gasteiger partial charge in [-0.2, -0.15) is 0 Å². The summed E-state index contributed by atoms with van der Waals surface area (Å²) in [5, 5.41) is 3.62. The van der Waals surface area contributed by atoms with Crippen LogP contribution in [0.1, 0.15) is 30.5 Å². The van der Waals surface area contributed by atoms with E-state index in [2.05, 4.69) is 12.2 Å². The van der Waals surface area contributed by atoms with Gasteiger partial charge in [0.15, 0.2) is 0 Å². The number of furan rings is 1. The Hall–Kier alpha value is -1.32. The zero-order chi connectivity index (χ0) is 13.7. The number of benzene rings is 1. The molecule has 1 unspecified atom stereocenters. The predicted octanol–water partition coefficient (Wildman–Crippen LogP) is 4.36. The third kappa shape index (κ3) is 3.82. The molecule has 19 heavy (non-hydrogen) atoms. The van der Waals surface area contributed by atoms with E-state index in [1.54, 1.807) is 24.7 Å². The van der Waals surface area contributed by atoms with Gasteiger partial charge in [0.05, 0.1) is 17.5 Å². The Morgan fingerprint density at radius 3 is 2.84 bits per heavy atom. The highest BCUT2D eigenvalue weighted by atomic mass is 35.5. The van der Waals surface area contributed by atoms with Crippen molar-refractivity contribution in [3.63, 3.8) is 0 Å². The third-order valence-electron chi connectivity index (χ3n) is 3.01. The third-order valence-corrected chi connectivity index (χ3v) is 3.30. The molecule has 1 heterocycles. The second kappa shape index (κ2) is 6.73. The van der Waals surface area contributed by atoms with Gasteiger partial charge in [-0.15, -0.1) is 0 Å². The van der Waals surface area contributed by atoms with Gasteiger partial charge < -0.3 is 9.73 Å². The fraction of sp³-hybridized carbons (Fsp3) is 0.333. The summed E-state index contributed by atoms with van der Waals surface area (Å²) in [4.78, 5) is 0. The summed E-state index contributed by atoms with van der Waals surface area (Å²) in [6, 6.07) is 6.95. The summed E-state index contributed by atoms with van der Waals surface area (Å²) in [6.07, 6.45) is 5.20. The number of nitrogens with one attached hydrogen (secondary N) is 1. The first kappa shape index (κ1) is 14.1. The van der Waals surface area contributed by atoms with Gasteiger partial charge in [0.1, 0.15) is 5.82 Å². The van der Waals surface area contributed by atoms with Crippen molar-refractivity contribution in [2.75, 3.05) is 6.54 Å². The molecule has 0 bridgehead atoms. The summed E-state index contributed by atoms with van der Waals surface area (Å²) in [6.45, 7) is 3.04. The number of hydrogen-bond acceptors (Lipinski definition) is 2. The molecule has 2 nitrogen and oxygen atoms in total. The van der Waals surface area contributed by atoms with Crippen molar-refractivity contribution in [3.8, 4) is 0 Å². The van der Waals surface area contributed by atoms with Gasteiger partial charge in [0.25, 0.3) is 0 Å². The van der Waals surface area contributed by atoms with Crippen LogP contribution in [0.5, 0.6) is 0 Å². The van der Waals surface area contributed by atoms with Gasteiger partial charge >= 0.3 is 0 Å². The average Bonchev–Trinajstić information content (AvgIpc) is 2.92. The molecule has 1 N–H and O–H groups in total.